The molecule has 6 nitrogen and oxygen atoms in total. The summed E-state index contributed by atoms with van der Waals surface area (Å²) in [6.07, 6.45) is 0. The highest BCUT2D eigenvalue weighted by molar-refractivity contribution is 5.94. The van der Waals surface area contributed by atoms with Gasteiger partial charge >= 0.3 is 0 Å². The summed E-state index contributed by atoms with van der Waals surface area (Å²) in [4.78, 5) is 21.6. The zero-order valence-corrected chi connectivity index (χ0v) is 15.3. The van der Waals surface area contributed by atoms with E-state index >= 15 is 0 Å². The zero-order valence-electron chi connectivity index (χ0n) is 15.3. The van der Waals surface area contributed by atoms with E-state index in [1.807, 2.05) is 30.1 Å². The number of aromatic nitrogens is 2. The second kappa shape index (κ2) is 7.22. The summed E-state index contributed by atoms with van der Waals surface area (Å²) >= 11 is 0. The van der Waals surface area contributed by atoms with Crippen LogP contribution < -0.4 is 0 Å². The lowest BCUT2D eigenvalue weighted by Gasteiger charge is -2.34. The Kier molecular flexibility index (Phi) is 4.61. The average Bonchev–Trinajstić information content (AvgIpc) is 3.04. The maximum absolute atomic E-state index is 12.7. The Labute approximate surface area is 158 Å². The van der Waals surface area contributed by atoms with Gasteiger partial charge in [0.2, 0.25) is 0 Å². The van der Waals surface area contributed by atoms with Gasteiger partial charge < -0.3 is 9.47 Å². The standard InChI is InChI=1S/C21H21N5O/c1-24-19-8-3-2-7-18(19)23-20(24)15-25-9-11-26(12-10-25)21(27)17-6-4-5-16(13-17)14-22/h2-8,13H,9-12,15H2,1H3. The van der Waals surface area contributed by atoms with E-state index in [0.717, 1.165) is 36.5 Å². The zero-order chi connectivity index (χ0) is 18.8. The smallest absolute Gasteiger partial charge is 0.253 e. The first-order chi connectivity index (χ1) is 13.2. The number of amides is 1. The van der Waals surface area contributed by atoms with E-state index in [4.69, 9.17) is 10.2 Å². The van der Waals surface area contributed by atoms with Crippen molar-refractivity contribution in [1.29, 1.82) is 5.26 Å². The lowest BCUT2D eigenvalue weighted by atomic mass is 10.1. The van der Waals surface area contributed by atoms with Crippen LogP contribution in [0.15, 0.2) is 48.5 Å². The third-order valence-electron chi connectivity index (χ3n) is 5.14. The Balaban J connectivity index is 1.40. The third kappa shape index (κ3) is 3.42. The molecule has 1 fully saturated rings. The monoisotopic (exact) mass is 359 g/mol. The molecule has 4 rings (SSSR count). The summed E-state index contributed by atoms with van der Waals surface area (Å²) in [6.45, 7) is 3.76. The Bertz CT molecular complexity index is 1020. The summed E-state index contributed by atoms with van der Waals surface area (Å²) in [5.74, 6) is 1.03. The summed E-state index contributed by atoms with van der Waals surface area (Å²) in [5.41, 5.74) is 3.25. The van der Waals surface area contributed by atoms with Gasteiger partial charge in [-0.2, -0.15) is 5.26 Å². The van der Waals surface area contributed by atoms with Crippen LogP contribution in [0.4, 0.5) is 0 Å². The maximum atomic E-state index is 12.7. The normalized spacial score (nSPS) is 15.0. The average molecular weight is 359 g/mol. The molecule has 3 aromatic rings. The minimum absolute atomic E-state index is 0.00511. The van der Waals surface area contributed by atoms with E-state index in [1.54, 1.807) is 24.3 Å². The molecule has 0 radical (unpaired) electrons. The van der Waals surface area contributed by atoms with E-state index in [1.165, 1.54) is 0 Å². The number of benzene rings is 2. The summed E-state index contributed by atoms with van der Waals surface area (Å²) in [7, 11) is 2.05. The molecule has 1 saturated heterocycles. The molecule has 1 aliphatic rings. The number of imidazole rings is 1. The fourth-order valence-electron chi connectivity index (χ4n) is 3.55. The van der Waals surface area contributed by atoms with Gasteiger partial charge in [-0.3, -0.25) is 9.69 Å². The van der Waals surface area contributed by atoms with E-state index in [-0.39, 0.29) is 5.91 Å². The van der Waals surface area contributed by atoms with E-state index < -0.39 is 0 Å². The first kappa shape index (κ1) is 17.3. The molecule has 1 amide bonds. The van der Waals surface area contributed by atoms with Crippen LogP contribution in [-0.4, -0.2) is 51.4 Å². The van der Waals surface area contributed by atoms with Crippen molar-refractivity contribution in [1.82, 2.24) is 19.4 Å². The van der Waals surface area contributed by atoms with Crippen molar-refractivity contribution in [2.45, 2.75) is 6.54 Å². The number of carbonyl (C=O) groups is 1. The molecule has 0 bridgehead atoms. The molecule has 0 aliphatic carbocycles. The molecule has 2 heterocycles. The van der Waals surface area contributed by atoms with Gasteiger partial charge in [0.05, 0.1) is 29.2 Å². The molecule has 0 spiro atoms. The molecule has 1 aromatic heterocycles. The van der Waals surface area contributed by atoms with Crippen LogP contribution in [0, 0.1) is 11.3 Å². The van der Waals surface area contributed by atoms with Gasteiger partial charge in [-0.25, -0.2) is 4.98 Å². The molecule has 0 unspecified atom stereocenters. The highest BCUT2D eigenvalue weighted by Crippen LogP contribution is 2.17. The van der Waals surface area contributed by atoms with E-state index in [0.29, 0.717) is 24.2 Å². The number of hydrogen-bond acceptors (Lipinski definition) is 4. The van der Waals surface area contributed by atoms with Gasteiger partial charge in [0.15, 0.2) is 0 Å². The number of fused-ring (bicyclic) bond motifs is 1. The fraction of sp³-hybridized carbons (Fsp3) is 0.286. The molecule has 2 aromatic carbocycles. The van der Waals surface area contributed by atoms with Crippen molar-refractivity contribution >= 4 is 16.9 Å². The Morgan fingerprint density at radius 1 is 1.11 bits per heavy atom. The molecular weight excluding hydrogens is 338 g/mol. The molecule has 0 saturated carbocycles. The number of hydrogen-bond donors (Lipinski definition) is 0. The second-order valence-corrected chi connectivity index (χ2v) is 6.84. The number of nitriles is 1. The third-order valence-corrected chi connectivity index (χ3v) is 5.14. The first-order valence-corrected chi connectivity index (χ1v) is 9.08. The largest absolute Gasteiger partial charge is 0.336 e. The number of rotatable bonds is 3. The van der Waals surface area contributed by atoms with Crippen LogP contribution in [0.1, 0.15) is 21.7 Å². The van der Waals surface area contributed by atoms with Crippen molar-refractivity contribution in [3.05, 3.63) is 65.5 Å². The summed E-state index contributed by atoms with van der Waals surface area (Å²) in [5, 5.41) is 9.01. The number of para-hydroxylation sites is 2. The molecule has 136 valence electrons. The fourth-order valence-corrected chi connectivity index (χ4v) is 3.55. The Morgan fingerprint density at radius 2 is 1.89 bits per heavy atom. The summed E-state index contributed by atoms with van der Waals surface area (Å²) < 4.78 is 2.14. The molecule has 0 N–H and O–H groups in total. The lowest BCUT2D eigenvalue weighted by molar-refractivity contribution is 0.0624. The molecule has 0 atom stereocenters. The minimum Gasteiger partial charge on any atom is -0.336 e. The van der Waals surface area contributed by atoms with Crippen LogP contribution in [0.3, 0.4) is 0 Å². The van der Waals surface area contributed by atoms with Crippen LogP contribution in [0.5, 0.6) is 0 Å². The predicted octanol–water partition coefficient (Wildman–Crippen LogP) is 2.40. The topological polar surface area (TPSA) is 65.2 Å². The summed E-state index contributed by atoms with van der Waals surface area (Å²) in [6, 6.07) is 17.1. The maximum Gasteiger partial charge on any atom is 0.253 e. The number of carbonyl (C=O) groups excluding carboxylic acids is 1. The van der Waals surface area contributed by atoms with Gasteiger partial charge in [0.25, 0.3) is 5.91 Å². The number of aryl methyl sites for hydroxylation is 1. The van der Waals surface area contributed by atoms with Gasteiger partial charge in [-0.15, -0.1) is 0 Å². The Hall–Kier alpha value is -3.17. The van der Waals surface area contributed by atoms with Crippen molar-refractivity contribution in [2.75, 3.05) is 26.2 Å². The van der Waals surface area contributed by atoms with E-state index in [9.17, 15) is 4.79 Å². The van der Waals surface area contributed by atoms with Crippen LogP contribution >= 0.6 is 0 Å². The van der Waals surface area contributed by atoms with E-state index in [2.05, 4.69) is 21.6 Å². The predicted molar refractivity (Wildman–Crippen MR) is 103 cm³/mol. The van der Waals surface area contributed by atoms with Crippen LogP contribution in [0.25, 0.3) is 11.0 Å². The molecular formula is C21H21N5O. The number of nitrogens with zero attached hydrogens (tertiary/aromatic N) is 5. The van der Waals surface area contributed by atoms with Crippen molar-refractivity contribution in [3.63, 3.8) is 0 Å². The van der Waals surface area contributed by atoms with Gasteiger partial charge in [0.1, 0.15) is 5.82 Å². The van der Waals surface area contributed by atoms with Gasteiger partial charge in [-0.05, 0) is 30.3 Å². The minimum atomic E-state index is -0.00511. The van der Waals surface area contributed by atoms with Gasteiger partial charge in [-0.1, -0.05) is 18.2 Å². The van der Waals surface area contributed by atoms with Crippen LogP contribution in [-0.2, 0) is 13.6 Å². The highest BCUT2D eigenvalue weighted by atomic mass is 16.2. The van der Waals surface area contributed by atoms with Crippen molar-refractivity contribution < 1.29 is 4.79 Å². The SMILES string of the molecule is Cn1c(CN2CCN(C(=O)c3cccc(C#N)c3)CC2)nc2ccccc21. The quantitative estimate of drug-likeness (QED) is 0.720. The second-order valence-electron chi connectivity index (χ2n) is 6.84. The van der Waals surface area contributed by atoms with Gasteiger partial charge in [0, 0.05) is 38.8 Å². The Morgan fingerprint density at radius 3 is 2.63 bits per heavy atom. The highest BCUT2D eigenvalue weighted by Gasteiger charge is 2.23. The lowest BCUT2D eigenvalue weighted by Crippen LogP contribution is -2.48. The number of piperazine rings is 1. The molecule has 27 heavy (non-hydrogen) atoms. The van der Waals surface area contributed by atoms with Crippen molar-refractivity contribution in [2.24, 2.45) is 7.05 Å². The first-order valence-electron chi connectivity index (χ1n) is 9.08. The molecule has 1 aliphatic heterocycles. The van der Waals surface area contributed by atoms with Crippen LogP contribution in [0.2, 0.25) is 0 Å². The van der Waals surface area contributed by atoms with Crippen molar-refractivity contribution in [3.8, 4) is 6.07 Å². The molecule has 6 heteroatoms.